The first-order valence-electron chi connectivity index (χ1n) is 8.22. The van der Waals surface area contributed by atoms with Gasteiger partial charge in [-0.25, -0.2) is 0 Å². The van der Waals surface area contributed by atoms with Gasteiger partial charge in [0, 0.05) is 0 Å². The summed E-state index contributed by atoms with van der Waals surface area (Å²) in [6.45, 7) is 8.79. The molecule has 1 saturated carbocycles. The summed E-state index contributed by atoms with van der Waals surface area (Å²) >= 11 is 0. The van der Waals surface area contributed by atoms with E-state index in [1.54, 1.807) is 6.08 Å². The molecule has 0 saturated heterocycles. The van der Waals surface area contributed by atoms with E-state index in [-0.39, 0.29) is 0 Å². The molecule has 1 aromatic rings. The summed E-state index contributed by atoms with van der Waals surface area (Å²) < 4.78 is 5.48. The second-order valence-electron chi connectivity index (χ2n) is 6.13. The van der Waals surface area contributed by atoms with Crippen LogP contribution in [0.5, 0.6) is 0 Å². The van der Waals surface area contributed by atoms with E-state index in [9.17, 15) is 0 Å². The molecule has 0 radical (unpaired) electrons. The molecule has 0 N–H and O–H groups in total. The van der Waals surface area contributed by atoms with Gasteiger partial charge in [0.05, 0.1) is 13.2 Å². The molecule has 1 heteroatoms. The number of ether oxygens (including phenoxy) is 1. The Hall–Kier alpha value is -1.34. The normalized spacial score (nSPS) is 21.9. The van der Waals surface area contributed by atoms with E-state index in [1.165, 1.54) is 49.7 Å². The molecule has 0 aliphatic heterocycles. The van der Waals surface area contributed by atoms with E-state index in [0.29, 0.717) is 13.2 Å². The van der Waals surface area contributed by atoms with Crippen molar-refractivity contribution in [2.45, 2.75) is 51.0 Å². The second kappa shape index (κ2) is 8.84. The van der Waals surface area contributed by atoms with Crippen molar-refractivity contribution in [3.8, 4) is 0 Å². The van der Waals surface area contributed by atoms with Gasteiger partial charge in [0.1, 0.15) is 0 Å². The van der Waals surface area contributed by atoms with Gasteiger partial charge in [0.25, 0.3) is 0 Å². The van der Waals surface area contributed by atoms with Gasteiger partial charge >= 0.3 is 0 Å². The molecule has 0 spiro atoms. The number of rotatable bonds is 8. The van der Waals surface area contributed by atoms with Crippen molar-refractivity contribution in [1.82, 2.24) is 0 Å². The Kier molecular flexibility index (Phi) is 6.75. The predicted molar refractivity (Wildman–Crippen MR) is 90.4 cm³/mol. The van der Waals surface area contributed by atoms with Crippen LogP contribution in [0.4, 0.5) is 0 Å². The third-order valence-corrected chi connectivity index (χ3v) is 4.58. The topological polar surface area (TPSA) is 9.23 Å². The van der Waals surface area contributed by atoms with Gasteiger partial charge in [-0.15, -0.1) is 13.2 Å². The van der Waals surface area contributed by atoms with Crippen molar-refractivity contribution in [2.75, 3.05) is 6.61 Å². The van der Waals surface area contributed by atoms with Crippen LogP contribution in [0.2, 0.25) is 0 Å². The lowest BCUT2D eigenvalue weighted by molar-refractivity contribution is 0.149. The molecule has 1 aromatic carbocycles. The van der Waals surface area contributed by atoms with Gasteiger partial charge in [-0.2, -0.15) is 0 Å². The summed E-state index contributed by atoms with van der Waals surface area (Å²) in [6, 6.07) is 9.01. The van der Waals surface area contributed by atoms with Gasteiger partial charge in [0.15, 0.2) is 0 Å². The van der Waals surface area contributed by atoms with Crippen LogP contribution in [0.3, 0.4) is 0 Å². The molecule has 0 amide bonds. The van der Waals surface area contributed by atoms with Crippen molar-refractivity contribution >= 4 is 0 Å². The molecule has 0 atom stereocenters. The van der Waals surface area contributed by atoms with Crippen LogP contribution >= 0.6 is 0 Å². The fourth-order valence-corrected chi connectivity index (χ4v) is 3.28. The first kappa shape index (κ1) is 16.0. The summed E-state index contributed by atoms with van der Waals surface area (Å²) in [6.07, 6.45) is 11.8. The first-order chi connectivity index (χ1) is 10.3. The maximum absolute atomic E-state index is 5.48. The van der Waals surface area contributed by atoms with Gasteiger partial charge in [0.2, 0.25) is 0 Å². The monoisotopic (exact) mass is 284 g/mol. The Morgan fingerprint density at radius 2 is 1.71 bits per heavy atom. The van der Waals surface area contributed by atoms with Crippen LogP contribution in [-0.2, 0) is 11.3 Å². The quantitative estimate of drug-likeness (QED) is 0.444. The molecule has 1 fully saturated rings. The molecular formula is C20H28O. The first-order valence-corrected chi connectivity index (χ1v) is 8.22. The smallest absolute Gasteiger partial charge is 0.0721 e. The summed E-state index contributed by atoms with van der Waals surface area (Å²) in [5.41, 5.74) is 2.75. The average Bonchev–Trinajstić information content (AvgIpc) is 2.54. The minimum atomic E-state index is 0.622. The third kappa shape index (κ3) is 5.17. The van der Waals surface area contributed by atoms with Crippen LogP contribution in [0.25, 0.3) is 0 Å². The van der Waals surface area contributed by atoms with E-state index < -0.39 is 0 Å². The zero-order chi connectivity index (χ0) is 14.9. The second-order valence-corrected chi connectivity index (χ2v) is 6.13. The van der Waals surface area contributed by atoms with Gasteiger partial charge in [-0.1, -0.05) is 36.4 Å². The van der Waals surface area contributed by atoms with Gasteiger partial charge < -0.3 is 4.74 Å². The Morgan fingerprint density at radius 3 is 2.33 bits per heavy atom. The molecule has 21 heavy (non-hydrogen) atoms. The lowest BCUT2D eigenvalue weighted by Crippen LogP contribution is -2.13. The predicted octanol–water partition coefficient (Wildman–Crippen LogP) is 5.63. The van der Waals surface area contributed by atoms with Crippen LogP contribution in [0.1, 0.15) is 55.6 Å². The molecule has 114 valence electrons. The van der Waals surface area contributed by atoms with Crippen molar-refractivity contribution in [2.24, 2.45) is 5.92 Å². The average molecular weight is 284 g/mol. The number of hydrogen-bond acceptors (Lipinski definition) is 1. The molecule has 0 bridgehead atoms. The number of allylic oxidation sites excluding steroid dienone is 1. The van der Waals surface area contributed by atoms with E-state index in [4.69, 9.17) is 4.74 Å². The van der Waals surface area contributed by atoms with Crippen molar-refractivity contribution in [3.05, 3.63) is 60.7 Å². The summed E-state index contributed by atoms with van der Waals surface area (Å²) in [7, 11) is 0. The van der Waals surface area contributed by atoms with Crippen LogP contribution < -0.4 is 0 Å². The maximum Gasteiger partial charge on any atom is 0.0721 e. The van der Waals surface area contributed by atoms with Gasteiger partial charge in [-0.05, 0) is 61.5 Å². The fourth-order valence-electron chi connectivity index (χ4n) is 3.28. The highest BCUT2D eigenvalue weighted by Gasteiger charge is 2.21. The van der Waals surface area contributed by atoms with E-state index in [2.05, 4.69) is 43.5 Å². The minimum Gasteiger partial charge on any atom is -0.373 e. The van der Waals surface area contributed by atoms with Crippen LogP contribution in [-0.4, -0.2) is 6.61 Å². The summed E-state index contributed by atoms with van der Waals surface area (Å²) in [4.78, 5) is 0. The van der Waals surface area contributed by atoms with Crippen molar-refractivity contribution in [3.63, 3.8) is 0 Å². The molecule has 0 unspecified atom stereocenters. The lowest BCUT2D eigenvalue weighted by atomic mass is 9.77. The standard InChI is InChI=1S/C20H28O/c1-3-5-6-17-7-11-19(12-8-17)20-13-9-18(10-14-20)16-21-15-4-2/h3-4,9-10,13-14,17,19H,1-2,5-8,11-12,15-16H2/t17-,19-. The summed E-state index contributed by atoms with van der Waals surface area (Å²) in [5.74, 6) is 1.68. The summed E-state index contributed by atoms with van der Waals surface area (Å²) in [5, 5.41) is 0. The molecule has 1 aliphatic carbocycles. The van der Waals surface area contributed by atoms with Crippen molar-refractivity contribution < 1.29 is 4.74 Å². The van der Waals surface area contributed by atoms with Crippen LogP contribution in [0.15, 0.2) is 49.6 Å². The highest BCUT2D eigenvalue weighted by Crippen LogP contribution is 2.37. The molecule has 0 heterocycles. The van der Waals surface area contributed by atoms with E-state index in [1.807, 2.05) is 0 Å². The number of hydrogen-bond donors (Lipinski definition) is 0. The van der Waals surface area contributed by atoms with Gasteiger partial charge in [-0.3, -0.25) is 0 Å². The SMILES string of the molecule is C=CCC[C@H]1CC[C@H](c2ccc(COCC=C)cc2)CC1. The zero-order valence-electron chi connectivity index (χ0n) is 13.1. The Labute approximate surface area is 129 Å². The Balaban J connectivity index is 1.80. The minimum absolute atomic E-state index is 0.622. The maximum atomic E-state index is 5.48. The molecule has 0 aromatic heterocycles. The molecule has 2 rings (SSSR count). The fraction of sp³-hybridized carbons (Fsp3) is 0.500. The molecule has 1 aliphatic rings. The van der Waals surface area contributed by atoms with E-state index >= 15 is 0 Å². The number of benzene rings is 1. The van der Waals surface area contributed by atoms with E-state index in [0.717, 1.165) is 11.8 Å². The van der Waals surface area contributed by atoms with Crippen molar-refractivity contribution in [1.29, 1.82) is 0 Å². The molecular weight excluding hydrogens is 256 g/mol. The Bertz CT molecular complexity index is 424. The Morgan fingerprint density at radius 1 is 1.00 bits per heavy atom. The largest absolute Gasteiger partial charge is 0.373 e. The third-order valence-electron chi connectivity index (χ3n) is 4.58. The lowest BCUT2D eigenvalue weighted by Gasteiger charge is -2.28. The molecule has 1 nitrogen and oxygen atoms in total. The zero-order valence-corrected chi connectivity index (χ0v) is 13.1. The highest BCUT2D eigenvalue weighted by atomic mass is 16.5. The highest BCUT2D eigenvalue weighted by molar-refractivity contribution is 5.25. The van der Waals surface area contributed by atoms with Crippen LogP contribution in [0, 0.1) is 5.92 Å².